The van der Waals surface area contributed by atoms with Crippen molar-refractivity contribution in [2.75, 3.05) is 6.54 Å². The molecule has 0 saturated carbocycles. The van der Waals surface area contributed by atoms with Gasteiger partial charge in [0.05, 0.1) is 0 Å². The SMILES string of the molecule is CCCn1c(C(C)(C)CN)nc2cccnc21. The summed E-state index contributed by atoms with van der Waals surface area (Å²) in [7, 11) is 0. The Balaban J connectivity index is 2.65. The van der Waals surface area contributed by atoms with Crippen LogP contribution in [0.25, 0.3) is 11.2 Å². The molecule has 0 radical (unpaired) electrons. The molecule has 0 aliphatic rings. The van der Waals surface area contributed by atoms with Crippen LogP contribution in [0.3, 0.4) is 0 Å². The Morgan fingerprint density at radius 1 is 1.41 bits per heavy atom. The minimum absolute atomic E-state index is 0.115. The number of nitrogens with zero attached hydrogens (tertiary/aromatic N) is 3. The van der Waals surface area contributed by atoms with Gasteiger partial charge in [-0.05, 0) is 18.6 Å². The zero-order chi connectivity index (χ0) is 12.5. The molecule has 4 heteroatoms. The second kappa shape index (κ2) is 4.45. The molecule has 0 fully saturated rings. The van der Waals surface area contributed by atoms with E-state index in [0.29, 0.717) is 6.54 Å². The molecule has 2 rings (SSSR count). The predicted molar refractivity (Wildman–Crippen MR) is 69.9 cm³/mol. The van der Waals surface area contributed by atoms with Crippen LogP contribution in [-0.4, -0.2) is 21.1 Å². The van der Waals surface area contributed by atoms with Gasteiger partial charge in [0.1, 0.15) is 11.3 Å². The van der Waals surface area contributed by atoms with E-state index in [1.807, 2.05) is 18.3 Å². The molecular formula is C13H20N4. The first-order chi connectivity index (χ1) is 8.10. The fourth-order valence-electron chi connectivity index (χ4n) is 2.00. The average Bonchev–Trinajstić information content (AvgIpc) is 2.70. The number of hydrogen-bond acceptors (Lipinski definition) is 3. The van der Waals surface area contributed by atoms with Crippen LogP contribution in [0.2, 0.25) is 0 Å². The molecule has 0 unspecified atom stereocenters. The van der Waals surface area contributed by atoms with E-state index in [-0.39, 0.29) is 5.41 Å². The highest BCUT2D eigenvalue weighted by Gasteiger charge is 2.26. The van der Waals surface area contributed by atoms with Crippen LogP contribution in [0, 0.1) is 0 Å². The maximum atomic E-state index is 5.85. The van der Waals surface area contributed by atoms with Gasteiger partial charge >= 0.3 is 0 Å². The monoisotopic (exact) mass is 232 g/mol. The molecule has 17 heavy (non-hydrogen) atoms. The third-order valence-corrected chi connectivity index (χ3v) is 3.07. The van der Waals surface area contributed by atoms with Crippen molar-refractivity contribution in [2.24, 2.45) is 5.73 Å². The normalized spacial score (nSPS) is 12.2. The smallest absolute Gasteiger partial charge is 0.159 e. The summed E-state index contributed by atoms with van der Waals surface area (Å²) in [6, 6.07) is 3.93. The molecule has 0 spiro atoms. The summed E-state index contributed by atoms with van der Waals surface area (Å²) in [5.74, 6) is 1.04. The second-order valence-electron chi connectivity index (χ2n) is 5.02. The standard InChI is InChI=1S/C13H20N4/c1-4-8-17-11-10(6-5-7-15-11)16-12(17)13(2,3)9-14/h5-7H,4,8-9,14H2,1-3H3. The molecule has 2 N–H and O–H groups in total. The van der Waals surface area contributed by atoms with Gasteiger partial charge < -0.3 is 10.3 Å². The number of aryl methyl sites for hydroxylation is 1. The lowest BCUT2D eigenvalue weighted by Crippen LogP contribution is -2.31. The quantitative estimate of drug-likeness (QED) is 0.878. The largest absolute Gasteiger partial charge is 0.329 e. The summed E-state index contributed by atoms with van der Waals surface area (Å²) in [5.41, 5.74) is 7.66. The molecule has 0 aromatic carbocycles. The Morgan fingerprint density at radius 2 is 2.18 bits per heavy atom. The third kappa shape index (κ3) is 2.05. The molecule has 0 amide bonds. The van der Waals surface area contributed by atoms with E-state index in [4.69, 9.17) is 10.7 Å². The number of imidazole rings is 1. The predicted octanol–water partition coefficient (Wildman–Crippen LogP) is 2.08. The zero-order valence-corrected chi connectivity index (χ0v) is 10.8. The fourth-order valence-corrected chi connectivity index (χ4v) is 2.00. The van der Waals surface area contributed by atoms with Crippen LogP contribution in [0.15, 0.2) is 18.3 Å². The van der Waals surface area contributed by atoms with Crippen molar-refractivity contribution in [3.63, 3.8) is 0 Å². The molecule has 4 nitrogen and oxygen atoms in total. The molecule has 92 valence electrons. The van der Waals surface area contributed by atoms with E-state index in [0.717, 1.165) is 30.0 Å². The van der Waals surface area contributed by atoms with Crippen molar-refractivity contribution in [3.05, 3.63) is 24.2 Å². The van der Waals surface area contributed by atoms with E-state index in [1.54, 1.807) is 0 Å². The first-order valence-electron chi connectivity index (χ1n) is 6.12. The second-order valence-corrected chi connectivity index (χ2v) is 5.02. The van der Waals surface area contributed by atoms with Crippen molar-refractivity contribution in [2.45, 2.75) is 39.2 Å². The highest BCUT2D eigenvalue weighted by atomic mass is 15.1. The molecule has 0 aliphatic carbocycles. The molecule has 0 saturated heterocycles. The van der Waals surface area contributed by atoms with E-state index < -0.39 is 0 Å². The van der Waals surface area contributed by atoms with Crippen LogP contribution in [-0.2, 0) is 12.0 Å². The van der Waals surface area contributed by atoms with Gasteiger partial charge in [0.2, 0.25) is 0 Å². The summed E-state index contributed by atoms with van der Waals surface area (Å²) in [4.78, 5) is 9.12. The molecular weight excluding hydrogens is 212 g/mol. The van der Waals surface area contributed by atoms with Crippen molar-refractivity contribution in [3.8, 4) is 0 Å². The minimum Gasteiger partial charge on any atom is -0.329 e. The van der Waals surface area contributed by atoms with Crippen LogP contribution in [0.5, 0.6) is 0 Å². The molecule has 2 aromatic rings. The summed E-state index contributed by atoms with van der Waals surface area (Å²) in [5, 5.41) is 0. The third-order valence-electron chi connectivity index (χ3n) is 3.07. The van der Waals surface area contributed by atoms with Crippen LogP contribution < -0.4 is 5.73 Å². The van der Waals surface area contributed by atoms with Gasteiger partial charge in [-0.25, -0.2) is 9.97 Å². The topological polar surface area (TPSA) is 56.7 Å². The summed E-state index contributed by atoms with van der Waals surface area (Å²) in [6.07, 6.45) is 2.88. The Kier molecular flexibility index (Phi) is 3.15. The summed E-state index contributed by atoms with van der Waals surface area (Å²) in [6.45, 7) is 7.93. The van der Waals surface area contributed by atoms with Gasteiger partial charge in [0.15, 0.2) is 5.65 Å². The number of pyridine rings is 1. The van der Waals surface area contributed by atoms with Crippen LogP contribution in [0.4, 0.5) is 0 Å². The van der Waals surface area contributed by atoms with Crippen LogP contribution >= 0.6 is 0 Å². The van der Waals surface area contributed by atoms with Crippen molar-refractivity contribution in [1.82, 2.24) is 14.5 Å². The first-order valence-corrected chi connectivity index (χ1v) is 6.12. The lowest BCUT2D eigenvalue weighted by molar-refractivity contribution is 0.468. The highest BCUT2D eigenvalue weighted by molar-refractivity contribution is 5.71. The Morgan fingerprint density at radius 3 is 2.82 bits per heavy atom. The van der Waals surface area contributed by atoms with Crippen molar-refractivity contribution >= 4 is 11.2 Å². The fraction of sp³-hybridized carbons (Fsp3) is 0.538. The van der Waals surface area contributed by atoms with E-state index >= 15 is 0 Å². The molecule has 0 bridgehead atoms. The van der Waals surface area contributed by atoms with Gasteiger partial charge in [0.25, 0.3) is 0 Å². The van der Waals surface area contributed by atoms with E-state index in [1.165, 1.54) is 0 Å². The molecule has 2 aromatic heterocycles. The van der Waals surface area contributed by atoms with E-state index in [9.17, 15) is 0 Å². The Labute approximate surface area is 102 Å². The Hall–Kier alpha value is -1.42. The maximum absolute atomic E-state index is 5.85. The maximum Gasteiger partial charge on any atom is 0.159 e. The van der Waals surface area contributed by atoms with Gasteiger partial charge in [-0.15, -0.1) is 0 Å². The van der Waals surface area contributed by atoms with E-state index in [2.05, 4.69) is 30.3 Å². The van der Waals surface area contributed by atoms with Gasteiger partial charge in [0, 0.05) is 24.7 Å². The van der Waals surface area contributed by atoms with Crippen molar-refractivity contribution in [1.29, 1.82) is 0 Å². The molecule has 0 aliphatic heterocycles. The number of aromatic nitrogens is 3. The first kappa shape index (κ1) is 12.0. The average molecular weight is 232 g/mol. The summed E-state index contributed by atoms with van der Waals surface area (Å²) < 4.78 is 2.20. The lowest BCUT2D eigenvalue weighted by atomic mass is 9.92. The Bertz CT molecular complexity index is 513. The van der Waals surface area contributed by atoms with Gasteiger partial charge in [-0.2, -0.15) is 0 Å². The zero-order valence-electron chi connectivity index (χ0n) is 10.8. The lowest BCUT2D eigenvalue weighted by Gasteiger charge is -2.22. The number of fused-ring (bicyclic) bond motifs is 1. The van der Waals surface area contributed by atoms with Gasteiger partial charge in [-0.3, -0.25) is 0 Å². The number of rotatable bonds is 4. The summed E-state index contributed by atoms with van der Waals surface area (Å²) >= 11 is 0. The van der Waals surface area contributed by atoms with Crippen molar-refractivity contribution < 1.29 is 0 Å². The minimum atomic E-state index is -0.115. The molecule has 0 atom stereocenters. The number of hydrogen-bond donors (Lipinski definition) is 1. The molecule has 2 heterocycles. The van der Waals surface area contributed by atoms with Gasteiger partial charge in [-0.1, -0.05) is 20.8 Å². The number of nitrogens with two attached hydrogens (primary N) is 1. The highest BCUT2D eigenvalue weighted by Crippen LogP contribution is 2.25. The van der Waals surface area contributed by atoms with Crippen LogP contribution in [0.1, 0.15) is 33.0 Å².